The Morgan fingerprint density at radius 1 is 0.933 bits per heavy atom. The quantitative estimate of drug-likeness (QED) is 0.591. The van der Waals surface area contributed by atoms with E-state index in [2.05, 4.69) is 62.4 Å². The van der Waals surface area contributed by atoms with E-state index in [0.29, 0.717) is 0 Å². The van der Waals surface area contributed by atoms with Crippen LogP contribution in [0.25, 0.3) is 16.8 Å². The topological polar surface area (TPSA) is 0 Å². The maximum Gasteiger partial charge on any atom is 0.00847 e. The first-order valence-corrected chi connectivity index (χ1v) is 5.40. The first kappa shape index (κ1) is 8.72. The van der Waals surface area contributed by atoms with Crippen LogP contribution in [0.15, 0.2) is 42.5 Å². The molecule has 0 aromatic heterocycles. The number of fused-ring (bicyclic) bond motifs is 3. The molecule has 0 radical (unpaired) electrons. The lowest BCUT2D eigenvalue weighted by Crippen LogP contribution is -2.10. The smallest absolute Gasteiger partial charge is 0.00847 e. The highest BCUT2D eigenvalue weighted by molar-refractivity contribution is 5.94. The molecule has 2 aromatic rings. The highest BCUT2D eigenvalue weighted by Gasteiger charge is 2.25. The Labute approximate surface area is 90.2 Å². The van der Waals surface area contributed by atoms with E-state index in [1.54, 1.807) is 0 Å². The highest BCUT2D eigenvalue weighted by atomic mass is 14.3. The molecule has 2 aromatic carbocycles. The van der Waals surface area contributed by atoms with Crippen LogP contribution in [0, 0.1) is 0 Å². The molecule has 0 nitrogen and oxygen atoms in total. The number of rotatable bonds is 0. The van der Waals surface area contributed by atoms with E-state index in [0.717, 1.165) is 0 Å². The van der Waals surface area contributed by atoms with E-state index in [9.17, 15) is 0 Å². The molecule has 1 aliphatic carbocycles. The van der Waals surface area contributed by atoms with Gasteiger partial charge in [-0.1, -0.05) is 62.4 Å². The third kappa shape index (κ3) is 1.14. The molecule has 1 aliphatic rings. The molecule has 0 N–H and O–H groups in total. The second kappa shape index (κ2) is 2.73. The predicted octanol–water partition coefficient (Wildman–Crippen LogP) is 4.14. The summed E-state index contributed by atoms with van der Waals surface area (Å²) in [5, 5.41) is 2.70. The van der Waals surface area contributed by atoms with Crippen molar-refractivity contribution in [2.45, 2.75) is 19.3 Å². The van der Waals surface area contributed by atoms with Crippen LogP contribution in [0.5, 0.6) is 0 Å². The molecule has 0 spiro atoms. The van der Waals surface area contributed by atoms with Crippen molar-refractivity contribution in [1.29, 1.82) is 0 Å². The molecular weight excluding hydrogens is 180 g/mol. The van der Waals surface area contributed by atoms with Crippen molar-refractivity contribution in [2.75, 3.05) is 0 Å². The molecule has 3 rings (SSSR count). The van der Waals surface area contributed by atoms with Crippen molar-refractivity contribution >= 4 is 16.8 Å². The van der Waals surface area contributed by atoms with Crippen LogP contribution in [0.4, 0.5) is 0 Å². The van der Waals surface area contributed by atoms with Gasteiger partial charge in [-0.25, -0.2) is 0 Å². The Kier molecular flexibility index (Phi) is 1.59. The predicted molar refractivity (Wildman–Crippen MR) is 66.0 cm³/mol. The van der Waals surface area contributed by atoms with Gasteiger partial charge in [0.25, 0.3) is 0 Å². The summed E-state index contributed by atoms with van der Waals surface area (Å²) in [6.45, 7) is 4.54. The fourth-order valence-corrected chi connectivity index (χ4v) is 2.42. The SMILES string of the molecule is CC1(C)C=Cc2c1ccc1ccccc21. The zero-order valence-corrected chi connectivity index (χ0v) is 9.12. The van der Waals surface area contributed by atoms with Crippen molar-refractivity contribution in [3.8, 4) is 0 Å². The van der Waals surface area contributed by atoms with E-state index in [-0.39, 0.29) is 5.41 Å². The van der Waals surface area contributed by atoms with Crippen molar-refractivity contribution < 1.29 is 0 Å². The fraction of sp³-hybridized carbons (Fsp3) is 0.200. The van der Waals surface area contributed by atoms with Crippen LogP contribution >= 0.6 is 0 Å². The Balaban J connectivity index is 2.43. The minimum absolute atomic E-state index is 0.194. The average molecular weight is 194 g/mol. The van der Waals surface area contributed by atoms with Gasteiger partial charge in [0.15, 0.2) is 0 Å². The van der Waals surface area contributed by atoms with Crippen LogP contribution in [0.1, 0.15) is 25.0 Å². The monoisotopic (exact) mass is 194 g/mol. The van der Waals surface area contributed by atoms with Gasteiger partial charge in [0.1, 0.15) is 0 Å². The maximum atomic E-state index is 2.30. The van der Waals surface area contributed by atoms with E-state index < -0.39 is 0 Å². The van der Waals surface area contributed by atoms with Crippen molar-refractivity contribution in [3.05, 3.63) is 53.6 Å². The summed E-state index contributed by atoms with van der Waals surface area (Å²) in [5.74, 6) is 0. The number of allylic oxidation sites excluding steroid dienone is 1. The minimum Gasteiger partial charge on any atom is -0.0738 e. The minimum atomic E-state index is 0.194. The summed E-state index contributed by atoms with van der Waals surface area (Å²) in [4.78, 5) is 0. The van der Waals surface area contributed by atoms with Crippen molar-refractivity contribution in [1.82, 2.24) is 0 Å². The van der Waals surface area contributed by atoms with Gasteiger partial charge in [-0.3, -0.25) is 0 Å². The Morgan fingerprint density at radius 3 is 2.60 bits per heavy atom. The standard InChI is InChI=1S/C15H14/c1-15(2)10-9-13-12-6-4-3-5-11(12)7-8-14(13)15/h3-10H,1-2H3. The molecule has 74 valence electrons. The van der Waals surface area contributed by atoms with Crippen LogP contribution in [0.2, 0.25) is 0 Å². The fourth-order valence-electron chi connectivity index (χ4n) is 2.42. The zero-order chi connectivity index (χ0) is 10.5. The van der Waals surface area contributed by atoms with Gasteiger partial charge in [0.05, 0.1) is 0 Å². The lowest BCUT2D eigenvalue weighted by molar-refractivity contribution is 0.684. The van der Waals surface area contributed by atoms with Crippen LogP contribution in [0.3, 0.4) is 0 Å². The van der Waals surface area contributed by atoms with Gasteiger partial charge in [-0.05, 0) is 21.9 Å². The molecule has 0 heteroatoms. The zero-order valence-electron chi connectivity index (χ0n) is 9.12. The first-order chi connectivity index (χ1) is 7.18. The molecule has 0 atom stereocenters. The first-order valence-electron chi connectivity index (χ1n) is 5.40. The van der Waals surface area contributed by atoms with Crippen LogP contribution < -0.4 is 0 Å². The maximum absolute atomic E-state index is 2.30. The molecule has 0 fully saturated rings. The molecule has 0 amide bonds. The summed E-state index contributed by atoms with van der Waals surface area (Å²) in [6.07, 6.45) is 4.56. The van der Waals surface area contributed by atoms with Gasteiger partial charge in [0, 0.05) is 5.41 Å². The summed E-state index contributed by atoms with van der Waals surface area (Å²) in [6, 6.07) is 13.1. The lowest BCUT2D eigenvalue weighted by atomic mass is 9.86. The molecular formula is C15H14. The Bertz CT molecular complexity index is 559. The van der Waals surface area contributed by atoms with Gasteiger partial charge in [0.2, 0.25) is 0 Å². The number of benzene rings is 2. The van der Waals surface area contributed by atoms with Gasteiger partial charge in [-0.2, -0.15) is 0 Å². The molecule has 0 aliphatic heterocycles. The second-order valence-electron chi connectivity index (χ2n) is 4.80. The van der Waals surface area contributed by atoms with Crippen molar-refractivity contribution in [3.63, 3.8) is 0 Å². The van der Waals surface area contributed by atoms with Crippen LogP contribution in [-0.4, -0.2) is 0 Å². The van der Waals surface area contributed by atoms with E-state index in [4.69, 9.17) is 0 Å². The van der Waals surface area contributed by atoms with Gasteiger partial charge >= 0.3 is 0 Å². The third-order valence-electron chi connectivity index (χ3n) is 3.33. The normalized spacial score (nSPS) is 16.9. The molecule has 15 heavy (non-hydrogen) atoms. The number of hydrogen-bond donors (Lipinski definition) is 0. The van der Waals surface area contributed by atoms with E-state index in [1.807, 2.05) is 0 Å². The van der Waals surface area contributed by atoms with Gasteiger partial charge < -0.3 is 0 Å². The number of hydrogen-bond acceptors (Lipinski definition) is 0. The van der Waals surface area contributed by atoms with E-state index >= 15 is 0 Å². The van der Waals surface area contributed by atoms with Crippen LogP contribution in [-0.2, 0) is 5.41 Å². The molecule has 0 unspecified atom stereocenters. The molecule has 0 saturated heterocycles. The average Bonchev–Trinajstić information content (AvgIpc) is 2.55. The molecule has 0 saturated carbocycles. The Hall–Kier alpha value is -1.56. The Morgan fingerprint density at radius 2 is 1.73 bits per heavy atom. The summed E-state index contributed by atoms with van der Waals surface area (Å²) >= 11 is 0. The van der Waals surface area contributed by atoms with Gasteiger partial charge in [-0.15, -0.1) is 0 Å². The summed E-state index contributed by atoms with van der Waals surface area (Å²) in [5.41, 5.74) is 3.04. The van der Waals surface area contributed by atoms with E-state index in [1.165, 1.54) is 21.9 Å². The van der Waals surface area contributed by atoms with Crippen molar-refractivity contribution in [2.24, 2.45) is 0 Å². The molecule has 0 bridgehead atoms. The summed E-state index contributed by atoms with van der Waals surface area (Å²) < 4.78 is 0. The largest absolute Gasteiger partial charge is 0.0738 e. The lowest BCUT2D eigenvalue weighted by Gasteiger charge is -2.18. The second-order valence-corrected chi connectivity index (χ2v) is 4.80. The summed E-state index contributed by atoms with van der Waals surface area (Å²) in [7, 11) is 0. The third-order valence-corrected chi connectivity index (χ3v) is 3.33. The molecule has 0 heterocycles. The highest BCUT2D eigenvalue weighted by Crippen LogP contribution is 2.38.